The number of imide groups is 1. The highest BCUT2D eigenvalue weighted by molar-refractivity contribution is 5.98. The van der Waals surface area contributed by atoms with E-state index in [9.17, 15) is 19.5 Å². The van der Waals surface area contributed by atoms with Crippen molar-refractivity contribution in [3.63, 3.8) is 0 Å². The third kappa shape index (κ3) is 6.45. The molecule has 1 aliphatic rings. The number of aromatic amines is 1. The molecule has 1 aromatic heterocycles. The molecule has 0 unspecified atom stereocenters. The molecule has 0 spiro atoms. The Labute approximate surface area is 170 Å². The highest BCUT2D eigenvalue weighted by Gasteiger charge is 2.36. The van der Waals surface area contributed by atoms with Gasteiger partial charge in [-0.3, -0.25) is 9.69 Å². The number of imidazole rings is 1. The fourth-order valence-corrected chi connectivity index (χ4v) is 3.23. The van der Waals surface area contributed by atoms with Crippen molar-refractivity contribution in [3.05, 3.63) is 18.2 Å². The van der Waals surface area contributed by atoms with Crippen molar-refractivity contribution < 1.29 is 24.2 Å². The van der Waals surface area contributed by atoms with Crippen LogP contribution in [0.5, 0.6) is 0 Å². The molecule has 0 radical (unpaired) electrons. The molecule has 1 aromatic rings. The number of H-pyrrole nitrogens is 1. The summed E-state index contributed by atoms with van der Waals surface area (Å²) in [5.74, 6) is -0.608. The molecule has 162 valence electrons. The maximum Gasteiger partial charge on any atom is 0.408 e. The van der Waals surface area contributed by atoms with Gasteiger partial charge < -0.3 is 25.0 Å². The summed E-state index contributed by atoms with van der Waals surface area (Å²) in [5.41, 5.74) is -0.123. The molecule has 1 fully saturated rings. The fourth-order valence-electron chi connectivity index (χ4n) is 3.23. The maximum absolute atomic E-state index is 13.2. The minimum atomic E-state index is -1.06. The van der Waals surface area contributed by atoms with E-state index in [2.05, 4.69) is 15.3 Å². The van der Waals surface area contributed by atoms with E-state index in [0.717, 1.165) is 17.7 Å². The van der Waals surface area contributed by atoms with Crippen molar-refractivity contribution in [2.24, 2.45) is 0 Å². The quantitative estimate of drug-likeness (QED) is 0.649. The van der Waals surface area contributed by atoms with Gasteiger partial charge in [0.2, 0.25) is 0 Å². The van der Waals surface area contributed by atoms with Crippen LogP contribution in [-0.2, 0) is 16.0 Å². The predicted octanol–water partition coefficient (Wildman–Crippen LogP) is 1.27. The Hall–Kier alpha value is -2.62. The van der Waals surface area contributed by atoms with Crippen molar-refractivity contribution in [2.75, 3.05) is 19.7 Å². The second kappa shape index (κ2) is 9.73. The molecule has 10 heteroatoms. The average molecular weight is 409 g/mol. The van der Waals surface area contributed by atoms with E-state index in [1.54, 1.807) is 25.7 Å². The normalized spacial score (nSPS) is 17.7. The molecule has 2 rings (SSSR count). The van der Waals surface area contributed by atoms with Crippen molar-refractivity contribution in [3.8, 4) is 0 Å². The average Bonchev–Trinajstić information content (AvgIpc) is 3.28. The van der Waals surface area contributed by atoms with Gasteiger partial charge in [0.05, 0.1) is 19.5 Å². The van der Waals surface area contributed by atoms with Gasteiger partial charge in [0.25, 0.3) is 5.91 Å². The third-order valence-electron chi connectivity index (χ3n) is 4.59. The molecule has 0 saturated carbocycles. The van der Waals surface area contributed by atoms with Crippen molar-refractivity contribution in [1.82, 2.24) is 25.1 Å². The maximum atomic E-state index is 13.2. The van der Waals surface area contributed by atoms with Crippen LogP contribution in [-0.4, -0.2) is 80.3 Å². The van der Waals surface area contributed by atoms with E-state index in [1.165, 1.54) is 12.5 Å². The fraction of sp³-hybridized carbons (Fsp3) is 0.684. The number of carbonyl (C=O) groups is 3. The van der Waals surface area contributed by atoms with Gasteiger partial charge in [0, 0.05) is 30.9 Å². The van der Waals surface area contributed by atoms with Crippen LogP contribution in [0.4, 0.5) is 9.59 Å². The van der Waals surface area contributed by atoms with Crippen LogP contribution < -0.4 is 5.32 Å². The number of likely N-dealkylation sites (tertiary alicyclic amines) is 1. The minimum Gasteiger partial charge on any atom is -0.444 e. The lowest BCUT2D eigenvalue weighted by molar-refractivity contribution is -0.131. The molecule has 2 heterocycles. The smallest absolute Gasteiger partial charge is 0.408 e. The molecule has 29 heavy (non-hydrogen) atoms. The van der Waals surface area contributed by atoms with E-state index < -0.39 is 29.7 Å². The summed E-state index contributed by atoms with van der Waals surface area (Å²) in [5, 5.41) is 12.0. The Kier molecular flexibility index (Phi) is 7.60. The standard InChI is InChI=1S/C19H31N5O5/c1-13-6-5-7-23(13)18(28)24(8-9-25)16(26)15(10-14-11-20-12-21-14)22-17(27)29-19(2,3)4/h11-13,15,25H,5-10H2,1-4H3,(H,20,21)(H,22,27)/t13-,15+/m1/s1. The Morgan fingerprint density at radius 3 is 2.69 bits per heavy atom. The summed E-state index contributed by atoms with van der Waals surface area (Å²) in [4.78, 5) is 47.9. The predicted molar refractivity (Wildman–Crippen MR) is 105 cm³/mol. The van der Waals surface area contributed by atoms with Crippen molar-refractivity contribution in [2.45, 2.75) is 64.6 Å². The van der Waals surface area contributed by atoms with E-state index in [1.807, 2.05) is 6.92 Å². The Morgan fingerprint density at radius 2 is 2.17 bits per heavy atom. The van der Waals surface area contributed by atoms with Crippen molar-refractivity contribution in [1.29, 1.82) is 0 Å². The highest BCUT2D eigenvalue weighted by Crippen LogP contribution is 2.19. The molecule has 0 bridgehead atoms. The number of hydrogen-bond donors (Lipinski definition) is 3. The van der Waals surface area contributed by atoms with E-state index >= 15 is 0 Å². The zero-order valence-electron chi connectivity index (χ0n) is 17.5. The highest BCUT2D eigenvalue weighted by atomic mass is 16.6. The van der Waals surface area contributed by atoms with E-state index in [4.69, 9.17) is 4.74 Å². The topological polar surface area (TPSA) is 128 Å². The van der Waals surface area contributed by atoms with Gasteiger partial charge in [-0.25, -0.2) is 14.6 Å². The van der Waals surface area contributed by atoms with E-state index in [-0.39, 0.29) is 25.6 Å². The van der Waals surface area contributed by atoms with Gasteiger partial charge in [-0.2, -0.15) is 0 Å². The monoisotopic (exact) mass is 409 g/mol. The van der Waals surface area contributed by atoms with Crippen LogP contribution in [0.15, 0.2) is 12.5 Å². The second-order valence-corrected chi connectivity index (χ2v) is 8.16. The second-order valence-electron chi connectivity index (χ2n) is 8.16. The summed E-state index contributed by atoms with van der Waals surface area (Å²) in [6, 6.07) is -1.50. The Balaban J connectivity index is 2.21. The minimum absolute atomic E-state index is 0.0152. The summed E-state index contributed by atoms with van der Waals surface area (Å²) in [6.07, 6.45) is 4.07. The lowest BCUT2D eigenvalue weighted by Gasteiger charge is -2.31. The number of aliphatic hydroxyl groups excluding tert-OH is 1. The first kappa shape index (κ1) is 22.7. The molecule has 3 N–H and O–H groups in total. The van der Waals surface area contributed by atoms with Gasteiger partial charge in [0.1, 0.15) is 11.6 Å². The van der Waals surface area contributed by atoms with Crippen LogP contribution in [0.25, 0.3) is 0 Å². The van der Waals surface area contributed by atoms with Crippen LogP contribution in [0.2, 0.25) is 0 Å². The number of nitrogens with zero attached hydrogens (tertiary/aromatic N) is 3. The zero-order chi connectivity index (χ0) is 21.6. The molecule has 0 aliphatic carbocycles. The van der Waals surface area contributed by atoms with Gasteiger partial charge in [0.15, 0.2) is 0 Å². The number of aromatic nitrogens is 2. The Bertz CT molecular complexity index is 700. The summed E-state index contributed by atoms with van der Waals surface area (Å²) < 4.78 is 5.26. The number of ether oxygens (including phenoxy) is 1. The number of carbonyl (C=O) groups excluding carboxylic acids is 3. The zero-order valence-corrected chi connectivity index (χ0v) is 17.5. The molecular formula is C19H31N5O5. The molecule has 4 amide bonds. The Morgan fingerprint density at radius 1 is 1.45 bits per heavy atom. The SMILES string of the molecule is C[C@@H]1CCCN1C(=O)N(CCO)C(=O)[C@H](Cc1cnc[nH]1)NC(=O)OC(C)(C)C. The van der Waals surface area contributed by atoms with Crippen molar-refractivity contribution >= 4 is 18.0 Å². The number of urea groups is 1. The van der Waals surface area contributed by atoms with Gasteiger partial charge in [-0.1, -0.05) is 0 Å². The molecule has 10 nitrogen and oxygen atoms in total. The largest absolute Gasteiger partial charge is 0.444 e. The summed E-state index contributed by atoms with van der Waals surface area (Å²) in [7, 11) is 0. The molecular weight excluding hydrogens is 378 g/mol. The van der Waals surface area contributed by atoms with Crippen LogP contribution in [0.3, 0.4) is 0 Å². The van der Waals surface area contributed by atoms with Crippen LogP contribution in [0, 0.1) is 0 Å². The number of aliphatic hydroxyl groups is 1. The van der Waals surface area contributed by atoms with Gasteiger partial charge >= 0.3 is 12.1 Å². The van der Waals surface area contributed by atoms with Crippen LogP contribution >= 0.6 is 0 Å². The molecule has 0 aromatic carbocycles. The summed E-state index contributed by atoms with van der Waals surface area (Å²) >= 11 is 0. The number of hydrogen-bond acceptors (Lipinski definition) is 6. The first-order chi connectivity index (χ1) is 13.6. The summed E-state index contributed by atoms with van der Waals surface area (Å²) in [6.45, 7) is 7.10. The van der Waals surface area contributed by atoms with Crippen LogP contribution in [0.1, 0.15) is 46.2 Å². The first-order valence-corrected chi connectivity index (χ1v) is 9.82. The molecule has 2 atom stereocenters. The lowest BCUT2D eigenvalue weighted by atomic mass is 10.1. The number of alkyl carbamates (subject to hydrolysis) is 1. The first-order valence-electron chi connectivity index (χ1n) is 9.82. The van der Waals surface area contributed by atoms with Gasteiger partial charge in [-0.05, 0) is 40.5 Å². The number of rotatable bonds is 6. The number of nitrogens with one attached hydrogen (secondary N) is 2. The van der Waals surface area contributed by atoms with Gasteiger partial charge in [-0.15, -0.1) is 0 Å². The number of amides is 4. The third-order valence-corrected chi connectivity index (χ3v) is 4.59. The lowest BCUT2D eigenvalue weighted by Crippen LogP contribution is -2.56. The molecule has 1 saturated heterocycles. The van der Waals surface area contributed by atoms with E-state index in [0.29, 0.717) is 12.2 Å². The molecule has 1 aliphatic heterocycles.